The number of rotatable bonds is 3. The number of fused-ring (bicyclic) bond motifs is 1. The summed E-state index contributed by atoms with van der Waals surface area (Å²) in [5.74, 6) is 0.0961. The van der Waals surface area contributed by atoms with Crippen molar-refractivity contribution in [1.82, 2.24) is 4.98 Å². The van der Waals surface area contributed by atoms with Crippen LogP contribution in [0.15, 0.2) is 24.4 Å². The molecule has 4 heteroatoms. The van der Waals surface area contributed by atoms with Gasteiger partial charge in [0.05, 0.1) is 0 Å². The number of pyridine rings is 1. The molecule has 3 rings (SSSR count). The second-order valence-corrected chi connectivity index (χ2v) is 6.03. The monoisotopic (exact) mass is 290 g/mol. The average molecular weight is 291 g/mol. The van der Waals surface area contributed by atoms with Gasteiger partial charge in [0.25, 0.3) is 0 Å². The van der Waals surface area contributed by atoms with Crippen molar-refractivity contribution in [2.24, 2.45) is 0 Å². The third-order valence-corrected chi connectivity index (χ3v) is 4.52. The number of aliphatic hydroxyl groups excluding tert-OH is 1. The van der Waals surface area contributed by atoms with Gasteiger partial charge in [-0.05, 0) is 36.4 Å². The van der Waals surface area contributed by atoms with E-state index in [1.54, 1.807) is 0 Å². The molecule has 2 heterocycles. The summed E-state index contributed by atoms with van der Waals surface area (Å²) in [6, 6.07) is 6.75. The van der Waals surface area contributed by atoms with Crippen LogP contribution in [0.3, 0.4) is 0 Å². The highest BCUT2D eigenvalue weighted by atomic mass is 35.5. The van der Waals surface area contributed by atoms with Gasteiger partial charge in [-0.3, -0.25) is 0 Å². The molecule has 3 nitrogen and oxygen atoms in total. The summed E-state index contributed by atoms with van der Waals surface area (Å²) < 4.78 is 0. The zero-order chi connectivity index (χ0) is 14.3. The Morgan fingerprint density at radius 2 is 2.25 bits per heavy atom. The van der Waals surface area contributed by atoms with Gasteiger partial charge < -0.3 is 10.0 Å². The Hall–Kier alpha value is -1.32. The summed E-state index contributed by atoms with van der Waals surface area (Å²) in [6.45, 7) is 5.49. The molecule has 1 aromatic heterocycles. The summed E-state index contributed by atoms with van der Waals surface area (Å²) in [5.41, 5.74) is 2.35. The van der Waals surface area contributed by atoms with E-state index in [9.17, 15) is 5.11 Å². The van der Waals surface area contributed by atoms with Crippen molar-refractivity contribution in [1.29, 1.82) is 0 Å². The van der Waals surface area contributed by atoms with E-state index in [0.29, 0.717) is 11.2 Å². The minimum absolute atomic E-state index is 0.0961. The van der Waals surface area contributed by atoms with Crippen molar-refractivity contribution >= 4 is 28.1 Å². The van der Waals surface area contributed by atoms with E-state index in [-0.39, 0.29) is 12.5 Å². The van der Waals surface area contributed by atoms with Crippen LogP contribution in [-0.2, 0) is 0 Å². The second-order valence-electron chi connectivity index (χ2n) is 5.64. The number of hydrogen-bond acceptors (Lipinski definition) is 3. The zero-order valence-electron chi connectivity index (χ0n) is 11.8. The Morgan fingerprint density at radius 1 is 1.45 bits per heavy atom. The van der Waals surface area contributed by atoms with E-state index < -0.39 is 0 Å². The molecule has 1 fully saturated rings. The maximum atomic E-state index is 9.44. The molecule has 0 radical (unpaired) electrons. The van der Waals surface area contributed by atoms with E-state index in [0.717, 1.165) is 22.9 Å². The Morgan fingerprint density at radius 3 is 2.85 bits per heavy atom. The maximum Gasteiger partial charge on any atom is 0.129 e. The quantitative estimate of drug-likeness (QED) is 0.878. The van der Waals surface area contributed by atoms with Gasteiger partial charge in [-0.1, -0.05) is 24.6 Å². The minimum Gasteiger partial charge on any atom is -0.396 e. The molecule has 0 bridgehead atoms. The molecule has 1 saturated heterocycles. The fraction of sp³-hybridized carbons (Fsp3) is 0.438. The van der Waals surface area contributed by atoms with Gasteiger partial charge >= 0.3 is 0 Å². The first kappa shape index (κ1) is 13.7. The normalized spacial score (nSPS) is 20.0. The van der Waals surface area contributed by atoms with Crippen molar-refractivity contribution in [2.75, 3.05) is 18.1 Å². The molecule has 2 atom stereocenters. The predicted molar refractivity (Wildman–Crippen MR) is 83.7 cm³/mol. The number of anilines is 1. The first-order chi connectivity index (χ1) is 9.61. The molecule has 0 spiro atoms. The molecule has 0 amide bonds. The molecule has 1 aromatic carbocycles. The molecule has 1 aliphatic heterocycles. The van der Waals surface area contributed by atoms with Crippen LogP contribution in [0.1, 0.15) is 31.7 Å². The summed E-state index contributed by atoms with van der Waals surface area (Å²) in [6.07, 6.45) is 3.09. The van der Waals surface area contributed by atoms with Crippen LogP contribution in [-0.4, -0.2) is 29.3 Å². The Kier molecular flexibility index (Phi) is 3.57. The third kappa shape index (κ3) is 2.15. The summed E-state index contributed by atoms with van der Waals surface area (Å²) in [5, 5.41) is 12.2. The van der Waals surface area contributed by atoms with Crippen molar-refractivity contribution in [3.8, 4) is 0 Å². The van der Waals surface area contributed by atoms with Crippen molar-refractivity contribution in [3.63, 3.8) is 0 Å². The molecule has 20 heavy (non-hydrogen) atoms. The van der Waals surface area contributed by atoms with Gasteiger partial charge in [0.1, 0.15) is 5.15 Å². The first-order valence-electron chi connectivity index (χ1n) is 7.07. The lowest BCUT2D eigenvalue weighted by Crippen LogP contribution is -2.45. The molecule has 1 N–H and O–H groups in total. The van der Waals surface area contributed by atoms with Gasteiger partial charge in [0.2, 0.25) is 0 Å². The molecule has 2 unspecified atom stereocenters. The van der Waals surface area contributed by atoms with Crippen LogP contribution in [0.25, 0.3) is 10.8 Å². The lowest BCUT2D eigenvalue weighted by molar-refractivity contribution is 0.273. The standard InChI is InChI=1S/C16H19ClN2O/c1-10(9-20)12-3-4-15(19-6-5-11(19)2)14-8-18-16(17)7-13(12)14/h3-4,7-8,10-11,20H,5-6,9H2,1-2H3. The first-order valence-corrected chi connectivity index (χ1v) is 7.45. The highest BCUT2D eigenvalue weighted by Gasteiger charge is 2.26. The van der Waals surface area contributed by atoms with Gasteiger partial charge in [-0.2, -0.15) is 0 Å². The maximum absolute atomic E-state index is 9.44. The number of aromatic nitrogens is 1. The summed E-state index contributed by atoms with van der Waals surface area (Å²) >= 11 is 6.06. The Bertz CT molecular complexity index is 644. The van der Waals surface area contributed by atoms with E-state index in [1.165, 1.54) is 12.1 Å². The predicted octanol–water partition coefficient (Wildman–Crippen LogP) is 3.58. The smallest absolute Gasteiger partial charge is 0.129 e. The molecule has 0 saturated carbocycles. The highest BCUT2D eigenvalue weighted by molar-refractivity contribution is 6.30. The number of aliphatic hydroxyl groups is 1. The van der Waals surface area contributed by atoms with Crippen molar-refractivity contribution < 1.29 is 5.11 Å². The van der Waals surface area contributed by atoms with Crippen molar-refractivity contribution in [2.45, 2.75) is 32.2 Å². The summed E-state index contributed by atoms with van der Waals surface area (Å²) in [7, 11) is 0. The molecule has 0 aliphatic carbocycles. The average Bonchev–Trinajstić information content (AvgIpc) is 2.44. The van der Waals surface area contributed by atoms with Gasteiger partial charge in [0, 0.05) is 42.4 Å². The van der Waals surface area contributed by atoms with Crippen LogP contribution >= 0.6 is 11.6 Å². The minimum atomic E-state index is 0.0961. The van der Waals surface area contributed by atoms with E-state index in [4.69, 9.17) is 11.6 Å². The summed E-state index contributed by atoms with van der Waals surface area (Å²) in [4.78, 5) is 6.63. The van der Waals surface area contributed by atoms with Crippen molar-refractivity contribution in [3.05, 3.63) is 35.1 Å². The fourth-order valence-corrected chi connectivity index (χ4v) is 3.03. The van der Waals surface area contributed by atoms with E-state index >= 15 is 0 Å². The van der Waals surface area contributed by atoms with Crippen LogP contribution in [0.2, 0.25) is 5.15 Å². The van der Waals surface area contributed by atoms with Gasteiger partial charge in [-0.15, -0.1) is 0 Å². The Labute approximate surface area is 124 Å². The zero-order valence-corrected chi connectivity index (χ0v) is 12.6. The molecule has 106 valence electrons. The Balaban J connectivity index is 2.20. The largest absolute Gasteiger partial charge is 0.396 e. The number of halogens is 1. The number of benzene rings is 1. The topological polar surface area (TPSA) is 36.4 Å². The highest BCUT2D eigenvalue weighted by Crippen LogP contribution is 2.37. The molecule has 2 aromatic rings. The fourth-order valence-electron chi connectivity index (χ4n) is 2.87. The molecular formula is C16H19ClN2O. The number of hydrogen-bond donors (Lipinski definition) is 1. The second kappa shape index (κ2) is 5.23. The lowest BCUT2D eigenvalue weighted by Gasteiger charge is -2.41. The van der Waals surface area contributed by atoms with Gasteiger partial charge in [-0.25, -0.2) is 4.98 Å². The van der Waals surface area contributed by atoms with E-state index in [1.807, 2.05) is 19.2 Å². The third-order valence-electron chi connectivity index (χ3n) is 4.31. The van der Waals surface area contributed by atoms with Crippen LogP contribution < -0.4 is 4.90 Å². The van der Waals surface area contributed by atoms with Gasteiger partial charge in [0.15, 0.2) is 0 Å². The van der Waals surface area contributed by atoms with Crippen LogP contribution in [0, 0.1) is 0 Å². The van der Waals surface area contributed by atoms with Crippen LogP contribution in [0.4, 0.5) is 5.69 Å². The van der Waals surface area contributed by atoms with Crippen LogP contribution in [0.5, 0.6) is 0 Å². The molecule has 1 aliphatic rings. The SMILES string of the molecule is CC(CO)c1ccc(N2CCC2C)c2cnc(Cl)cc12. The number of nitrogens with zero attached hydrogens (tertiary/aromatic N) is 2. The molecular weight excluding hydrogens is 272 g/mol. The lowest BCUT2D eigenvalue weighted by atomic mass is 9.93. The van der Waals surface area contributed by atoms with E-state index in [2.05, 4.69) is 28.9 Å².